The van der Waals surface area contributed by atoms with Crippen molar-refractivity contribution in [3.8, 4) is 5.75 Å². The smallest absolute Gasteiger partial charge is 0.254 e. The molecule has 6 heteroatoms. The Morgan fingerprint density at radius 2 is 1.79 bits per heavy atom. The summed E-state index contributed by atoms with van der Waals surface area (Å²) in [4.78, 5) is 28.2. The lowest BCUT2D eigenvalue weighted by atomic mass is 9.72. The van der Waals surface area contributed by atoms with E-state index in [1.54, 1.807) is 35.6 Å². The highest BCUT2D eigenvalue weighted by Gasteiger charge is 2.41. The molecule has 0 unspecified atom stereocenters. The first-order valence-corrected chi connectivity index (χ1v) is 11.8. The number of carbonyl (C=O) groups is 2. The van der Waals surface area contributed by atoms with Crippen LogP contribution in [0.15, 0.2) is 94.7 Å². The minimum Gasteiger partial charge on any atom is -0.508 e. The molecule has 0 fully saturated rings. The van der Waals surface area contributed by atoms with Crippen LogP contribution in [0.3, 0.4) is 0 Å². The first-order chi connectivity index (χ1) is 16.0. The number of amides is 1. The average molecular weight is 457 g/mol. The fraction of sp³-hybridized carbons (Fsp3) is 0.185. The Kier molecular flexibility index (Phi) is 5.60. The van der Waals surface area contributed by atoms with Gasteiger partial charge in [0.2, 0.25) is 0 Å². The van der Waals surface area contributed by atoms with Gasteiger partial charge < -0.3 is 15.7 Å². The summed E-state index contributed by atoms with van der Waals surface area (Å²) in [6.07, 6.45) is 1.14. The topological polar surface area (TPSA) is 78.4 Å². The third-order valence-corrected chi connectivity index (χ3v) is 7.31. The van der Waals surface area contributed by atoms with E-state index >= 15 is 0 Å². The summed E-state index contributed by atoms with van der Waals surface area (Å²) < 4.78 is 0. The maximum atomic E-state index is 13.5. The van der Waals surface area contributed by atoms with Gasteiger partial charge in [0.25, 0.3) is 5.91 Å². The van der Waals surface area contributed by atoms with Gasteiger partial charge in [0.15, 0.2) is 5.78 Å². The van der Waals surface area contributed by atoms with Gasteiger partial charge in [-0.2, -0.15) is 0 Å². The largest absolute Gasteiger partial charge is 0.508 e. The highest BCUT2D eigenvalue weighted by atomic mass is 32.1. The maximum Gasteiger partial charge on any atom is 0.254 e. The van der Waals surface area contributed by atoms with E-state index in [2.05, 4.69) is 16.7 Å². The van der Waals surface area contributed by atoms with Crippen LogP contribution < -0.4 is 10.6 Å². The Bertz CT molecular complexity index is 1260. The minimum atomic E-state index is -0.498. The van der Waals surface area contributed by atoms with Crippen molar-refractivity contribution in [3.05, 3.63) is 105 Å². The van der Waals surface area contributed by atoms with Crippen LogP contribution in [0.1, 0.15) is 42.0 Å². The average Bonchev–Trinajstić information content (AvgIpc) is 3.34. The number of benzene rings is 2. The molecule has 2 atom stereocenters. The molecule has 166 valence electrons. The normalized spacial score (nSPS) is 20.3. The minimum absolute atomic E-state index is 0.0535. The van der Waals surface area contributed by atoms with E-state index < -0.39 is 5.92 Å². The molecule has 2 heterocycles. The molecular weight excluding hydrogens is 432 g/mol. The summed E-state index contributed by atoms with van der Waals surface area (Å²) >= 11 is 1.67. The van der Waals surface area contributed by atoms with E-state index in [-0.39, 0.29) is 23.4 Å². The number of phenolic OH excluding ortho intramolecular Hbond substituents is 1. The lowest BCUT2D eigenvalue weighted by Crippen LogP contribution is -2.37. The molecule has 2 aromatic carbocycles. The van der Waals surface area contributed by atoms with E-state index in [9.17, 15) is 14.7 Å². The van der Waals surface area contributed by atoms with Gasteiger partial charge in [0, 0.05) is 51.4 Å². The van der Waals surface area contributed by atoms with Crippen LogP contribution in [-0.2, 0) is 9.59 Å². The van der Waals surface area contributed by atoms with Crippen molar-refractivity contribution in [1.82, 2.24) is 5.32 Å². The number of rotatable bonds is 4. The van der Waals surface area contributed by atoms with Crippen LogP contribution in [-0.4, -0.2) is 16.8 Å². The SMILES string of the molecule is CC1=C(C(=O)Nc2ccccc2)[C@@H](c2ccc(O)cc2)C2=C(C[C@@H](c3cccs3)CC2=O)N1. The molecule has 0 saturated heterocycles. The van der Waals surface area contributed by atoms with Gasteiger partial charge in [-0.3, -0.25) is 9.59 Å². The summed E-state index contributed by atoms with van der Waals surface area (Å²) in [6.45, 7) is 1.89. The molecule has 0 saturated carbocycles. The molecule has 1 amide bonds. The van der Waals surface area contributed by atoms with E-state index in [1.807, 2.05) is 48.7 Å². The molecule has 2 aliphatic rings. The molecule has 0 spiro atoms. The summed E-state index contributed by atoms with van der Waals surface area (Å²) in [5.74, 6) is -0.411. The number of anilines is 1. The molecule has 1 aliphatic heterocycles. The van der Waals surface area contributed by atoms with Crippen LogP contribution in [0.2, 0.25) is 0 Å². The molecule has 3 aromatic rings. The predicted octanol–water partition coefficient (Wildman–Crippen LogP) is 5.45. The zero-order valence-corrected chi connectivity index (χ0v) is 19.0. The molecule has 33 heavy (non-hydrogen) atoms. The Morgan fingerprint density at radius 1 is 1.03 bits per heavy atom. The molecule has 5 nitrogen and oxygen atoms in total. The fourth-order valence-electron chi connectivity index (χ4n) is 4.78. The standard InChI is InChI=1S/C27H24N2O3S/c1-16-24(27(32)29-19-6-3-2-4-7-19)25(17-9-11-20(30)12-10-17)26-21(28-16)14-18(15-22(26)31)23-8-5-13-33-23/h2-13,18,25,28,30H,14-15H2,1H3,(H,29,32)/t18-,25-/m1/s1. The van der Waals surface area contributed by atoms with Crippen LogP contribution >= 0.6 is 11.3 Å². The summed E-state index contributed by atoms with van der Waals surface area (Å²) in [5.41, 5.74) is 4.29. The molecular formula is C27H24N2O3S. The third-order valence-electron chi connectivity index (χ3n) is 6.28. The lowest BCUT2D eigenvalue weighted by molar-refractivity contribution is -0.116. The maximum absolute atomic E-state index is 13.5. The number of carbonyl (C=O) groups excluding carboxylic acids is 2. The summed E-state index contributed by atoms with van der Waals surface area (Å²) in [5, 5.41) is 18.2. The van der Waals surface area contributed by atoms with Gasteiger partial charge in [-0.1, -0.05) is 36.4 Å². The highest BCUT2D eigenvalue weighted by Crippen LogP contribution is 2.46. The van der Waals surface area contributed by atoms with Crippen molar-refractivity contribution in [2.45, 2.75) is 31.6 Å². The van der Waals surface area contributed by atoms with E-state index in [1.165, 1.54) is 4.88 Å². The van der Waals surface area contributed by atoms with Crippen LogP contribution in [0.5, 0.6) is 5.75 Å². The number of hydrogen-bond acceptors (Lipinski definition) is 5. The number of thiophene rings is 1. The van der Waals surface area contributed by atoms with Gasteiger partial charge in [-0.05, 0) is 54.6 Å². The van der Waals surface area contributed by atoms with Crippen molar-refractivity contribution in [1.29, 1.82) is 0 Å². The Balaban J connectivity index is 1.57. The summed E-state index contributed by atoms with van der Waals surface area (Å²) in [6, 6.07) is 20.2. The number of phenols is 1. The van der Waals surface area contributed by atoms with Gasteiger partial charge in [-0.15, -0.1) is 11.3 Å². The molecule has 1 aliphatic carbocycles. The predicted molar refractivity (Wildman–Crippen MR) is 130 cm³/mol. The molecule has 0 radical (unpaired) electrons. The number of ketones is 1. The second kappa shape index (κ2) is 8.71. The Hall–Kier alpha value is -3.64. The summed E-state index contributed by atoms with van der Waals surface area (Å²) in [7, 11) is 0. The second-order valence-corrected chi connectivity index (χ2v) is 9.42. The van der Waals surface area contributed by atoms with E-state index in [0.29, 0.717) is 23.3 Å². The number of nitrogens with one attached hydrogen (secondary N) is 2. The van der Waals surface area contributed by atoms with Crippen molar-refractivity contribution >= 4 is 28.7 Å². The number of Topliss-reactive ketones (excluding diaryl/α,β-unsaturated/α-hetero) is 1. The number of hydrogen-bond donors (Lipinski definition) is 3. The van der Waals surface area contributed by atoms with Crippen LogP contribution in [0.25, 0.3) is 0 Å². The zero-order chi connectivity index (χ0) is 22.9. The van der Waals surface area contributed by atoms with E-state index in [0.717, 1.165) is 23.4 Å². The van der Waals surface area contributed by atoms with Gasteiger partial charge in [0.1, 0.15) is 5.75 Å². The van der Waals surface area contributed by atoms with Crippen molar-refractivity contribution in [2.24, 2.45) is 0 Å². The van der Waals surface area contributed by atoms with Crippen molar-refractivity contribution in [2.75, 3.05) is 5.32 Å². The first-order valence-electron chi connectivity index (χ1n) is 10.9. The first kappa shape index (κ1) is 21.2. The quantitative estimate of drug-likeness (QED) is 0.488. The van der Waals surface area contributed by atoms with Crippen LogP contribution in [0, 0.1) is 0 Å². The Morgan fingerprint density at radius 3 is 2.48 bits per heavy atom. The molecule has 1 aromatic heterocycles. The highest BCUT2D eigenvalue weighted by molar-refractivity contribution is 7.10. The molecule has 5 rings (SSSR count). The van der Waals surface area contributed by atoms with E-state index in [4.69, 9.17) is 0 Å². The zero-order valence-electron chi connectivity index (χ0n) is 18.2. The van der Waals surface area contributed by atoms with Crippen LogP contribution in [0.4, 0.5) is 5.69 Å². The Labute approximate surface area is 196 Å². The van der Waals surface area contributed by atoms with Gasteiger partial charge in [0.05, 0.1) is 0 Å². The third kappa shape index (κ3) is 4.10. The second-order valence-electron chi connectivity index (χ2n) is 8.44. The number of dihydropyridines is 1. The van der Waals surface area contributed by atoms with Gasteiger partial charge >= 0.3 is 0 Å². The van der Waals surface area contributed by atoms with Crippen molar-refractivity contribution in [3.63, 3.8) is 0 Å². The molecule has 0 bridgehead atoms. The number of allylic oxidation sites excluding steroid dienone is 3. The van der Waals surface area contributed by atoms with Crippen molar-refractivity contribution < 1.29 is 14.7 Å². The fourth-order valence-corrected chi connectivity index (χ4v) is 5.62. The molecule has 3 N–H and O–H groups in total. The number of para-hydroxylation sites is 1. The number of aromatic hydroxyl groups is 1. The monoisotopic (exact) mass is 456 g/mol. The van der Waals surface area contributed by atoms with Gasteiger partial charge in [-0.25, -0.2) is 0 Å². The lowest BCUT2D eigenvalue weighted by Gasteiger charge is -2.36.